The molecule has 0 radical (unpaired) electrons. The summed E-state index contributed by atoms with van der Waals surface area (Å²) in [5.41, 5.74) is -0.165. The molecule has 2 aliphatic rings. The molecule has 5 nitrogen and oxygen atoms in total. The summed E-state index contributed by atoms with van der Waals surface area (Å²) in [6, 6.07) is 0.117. The molecule has 0 aromatic carbocycles. The number of aliphatic imine (C=N–C) groups is 1. The molecule has 0 amide bonds. The van der Waals surface area contributed by atoms with Crippen LogP contribution in [0.4, 0.5) is 0 Å². The number of hydrogen-bond acceptors (Lipinski definition) is 6. The molecule has 4 atom stereocenters. The van der Waals surface area contributed by atoms with Gasteiger partial charge in [0.05, 0.1) is 18.8 Å². The van der Waals surface area contributed by atoms with Crippen LogP contribution in [0.25, 0.3) is 0 Å². The largest absolute Gasteiger partial charge is 0.394 e. The molecule has 0 saturated carbocycles. The zero-order chi connectivity index (χ0) is 11.7. The number of rotatable bonds is 2. The second-order valence-electron chi connectivity index (χ2n) is 4.45. The van der Waals surface area contributed by atoms with Crippen molar-refractivity contribution in [3.05, 3.63) is 0 Å². The number of nitrogens with one attached hydrogen (secondary N) is 1. The maximum absolute atomic E-state index is 9.89. The van der Waals surface area contributed by atoms with Crippen molar-refractivity contribution in [2.45, 2.75) is 50.0 Å². The molecule has 6 heteroatoms. The molecule has 2 aliphatic heterocycles. The lowest BCUT2D eigenvalue weighted by Gasteiger charge is -2.33. The van der Waals surface area contributed by atoms with Gasteiger partial charge in [0.1, 0.15) is 11.5 Å². The second-order valence-corrected chi connectivity index (χ2v) is 5.54. The van der Waals surface area contributed by atoms with Crippen LogP contribution in [0, 0.1) is 0 Å². The Morgan fingerprint density at radius 3 is 3.00 bits per heavy atom. The van der Waals surface area contributed by atoms with Gasteiger partial charge in [-0.15, -0.1) is 0 Å². The van der Waals surface area contributed by atoms with Crippen LogP contribution in [0.1, 0.15) is 20.3 Å². The average Bonchev–Trinajstić information content (AvgIpc) is 2.59. The van der Waals surface area contributed by atoms with E-state index in [0.717, 1.165) is 5.17 Å². The van der Waals surface area contributed by atoms with Gasteiger partial charge in [-0.1, -0.05) is 11.8 Å². The Balaban J connectivity index is 2.00. The summed E-state index contributed by atoms with van der Waals surface area (Å²) in [5.74, 6) is 0. The van der Waals surface area contributed by atoms with E-state index in [-0.39, 0.29) is 24.2 Å². The Bertz CT molecular complexity index is 285. The lowest BCUT2D eigenvalue weighted by atomic mass is 10.0. The van der Waals surface area contributed by atoms with E-state index in [1.54, 1.807) is 0 Å². The second kappa shape index (κ2) is 4.91. The van der Waals surface area contributed by atoms with Crippen molar-refractivity contribution >= 4 is 16.9 Å². The molecule has 0 bridgehead atoms. The Morgan fingerprint density at radius 1 is 1.62 bits per heavy atom. The third-order valence-corrected chi connectivity index (χ3v) is 3.68. The fourth-order valence-electron chi connectivity index (χ4n) is 1.87. The van der Waals surface area contributed by atoms with Crippen molar-refractivity contribution in [2.75, 3.05) is 6.61 Å². The van der Waals surface area contributed by atoms with Gasteiger partial charge in [0.15, 0.2) is 5.17 Å². The first-order chi connectivity index (χ1) is 7.60. The Morgan fingerprint density at radius 2 is 2.38 bits per heavy atom. The van der Waals surface area contributed by atoms with Gasteiger partial charge in [-0.2, -0.15) is 0 Å². The minimum atomic E-state index is -0.519. The molecule has 0 aliphatic carbocycles. The molecule has 0 aromatic rings. The highest BCUT2D eigenvalue weighted by atomic mass is 32.2. The first-order valence-electron chi connectivity index (χ1n) is 5.55. The summed E-state index contributed by atoms with van der Waals surface area (Å²) in [7, 11) is 0. The maximum atomic E-state index is 9.89. The van der Waals surface area contributed by atoms with Crippen molar-refractivity contribution in [1.29, 1.82) is 0 Å². The monoisotopic (exact) mass is 246 g/mol. The van der Waals surface area contributed by atoms with Crippen LogP contribution in [-0.4, -0.2) is 51.7 Å². The van der Waals surface area contributed by atoms with Crippen LogP contribution >= 0.6 is 11.8 Å². The van der Waals surface area contributed by atoms with E-state index in [1.165, 1.54) is 11.8 Å². The predicted molar refractivity (Wildman–Crippen MR) is 63.5 cm³/mol. The molecular weight excluding hydrogens is 228 g/mol. The summed E-state index contributed by atoms with van der Waals surface area (Å²) in [4.78, 5) is 4.41. The van der Waals surface area contributed by atoms with Crippen LogP contribution in [0.5, 0.6) is 0 Å². The summed E-state index contributed by atoms with van der Waals surface area (Å²) in [6.45, 7) is 4.03. The Hall–Kier alpha value is -0.300. The number of hydrogen-bond donors (Lipinski definition) is 3. The fraction of sp³-hybridized carbons (Fsp3) is 0.900. The van der Waals surface area contributed by atoms with Crippen molar-refractivity contribution in [3.8, 4) is 0 Å². The van der Waals surface area contributed by atoms with Gasteiger partial charge in [-0.05, 0) is 13.8 Å². The third-order valence-electron chi connectivity index (χ3n) is 2.61. The number of ether oxygens (including phenoxy) is 1. The van der Waals surface area contributed by atoms with Crippen molar-refractivity contribution < 1.29 is 14.9 Å². The van der Waals surface area contributed by atoms with Gasteiger partial charge in [0.2, 0.25) is 0 Å². The van der Waals surface area contributed by atoms with Crippen LogP contribution in [0.2, 0.25) is 0 Å². The summed E-state index contributed by atoms with van der Waals surface area (Å²) < 4.78 is 5.64. The van der Waals surface area contributed by atoms with Crippen LogP contribution < -0.4 is 5.32 Å². The Kier molecular flexibility index (Phi) is 3.73. The number of thioether (sulfide) groups is 1. The summed E-state index contributed by atoms with van der Waals surface area (Å²) in [5, 5.41) is 23.0. The topological polar surface area (TPSA) is 74.1 Å². The summed E-state index contributed by atoms with van der Waals surface area (Å²) in [6.07, 6.45) is -0.330. The van der Waals surface area contributed by atoms with E-state index in [2.05, 4.69) is 10.3 Å². The van der Waals surface area contributed by atoms with E-state index in [1.807, 2.05) is 13.8 Å². The standard InChI is InChI=1S/C10H18N2O3S/c1-5(2)11-10-12-8-7(14)3-6(4-13)15-9(8)16-10/h5-9,13-14H,3-4H2,1-2H3,(H,11,12). The first-order valence-corrected chi connectivity index (χ1v) is 6.43. The molecule has 2 rings (SSSR count). The minimum Gasteiger partial charge on any atom is -0.394 e. The highest BCUT2D eigenvalue weighted by Gasteiger charge is 2.42. The molecule has 1 fully saturated rings. The van der Waals surface area contributed by atoms with Crippen molar-refractivity contribution in [2.24, 2.45) is 4.99 Å². The van der Waals surface area contributed by atoms with E-state index in [0.29, 0.717) is 12.5 Å². The number of nitrogens with zero attached hydrogens (tertiary/aromatic N) is 1. The molecule has 0 aromatic heterocycles. The van der Waals surface area contributed by atoms with E-state index in [9.17, 15) is 5.11 Å². The van der Waals surface area contributed by atoms with E-state index < -0.39 is 6.10 Å². The van der Waals surface area contributed by atoms with Crippen LogP contribution in [-0.2, 0) is 4.74 Å². The molecule has 4 unspecified atom stereocenters. The molecule has 92 valence electrons. The van der Waals surface area contributed by atoms with Gasteiger partial charge >= 0.3 is 0 Å². The average molecular weight is 246 g/mol. The molecule has 16 heavy (non-hydrogen) atoms. The van der Waals surface area contributed by atoms with Crippen molar-refractivity contribution in [3.63, 3.8) is 0 Å². The van der Waals surface area contributed by atoms with Gasteiger partial charge in [0.25, 0.3) is 0 Å². The SMILES string of the molecule is CC(C)NC1=NC2C(O)CC(CO)OC2S1. The van der Waals surface area contributed by atoms with Crippen LogP contribution in [0.3, 0.4) is 0 Å². The number of amidine groups is 1. The highest BCUT2D eigenvalue weighted by molar-refractivity contribution is 8.14. The predicted octanol–water partition coefficient (Wildman–Crippen LogP) is -0.0760. The quantitative estimate of drug-likeness (QED) is 0.636. The number of aliphatic hydroxyl groups is 2. The van der Waals surface area contributed by atoms with Gasteiger partial charge in [-0.25, -0.2) is 0 Å². The molecule has 2 heterocycles. The molecule has 3 N–H and O–H groups in total. The van der Waals surface area contributed by atoms with Gasteiger partial charge in [0, 0.05) is 12.5 Å². The number of aliphatic hydroxyl groups excluding tert-OH is 2. The smallest absolute Gasteiger partial charge is 0.159 e. The third kappa shape index (κ3) is 2.51. The molecule has 1 saturated heterocycles. The van der Waals surface area contributed by atoms with Crippen LogP contribution in [0.15, 0.2) is 4.99 Å². The normalized spacial score (nSPS) is 38.4. The Labute approximate surface area is 99.3 Å². The zero-order valence-electron chi connectivity index (χ0n) is 9.46. The number of fused-ring (bicyclic) bond motifs is 1. The summed E-state index contributed by atoms with van der Waals surface area (Å²) >= 11 is 1.49. The fourth-order valence-corrected chi connectivity index (χ4v) is 3.17. The van der Waals surface area contributed by atoms with Crippen molar-refractivity contribution in [1.82, 2.24) is 5.32 Å². The maximum Gasteiger partial charge on any atom is 0.159 e. The zero-order valence-corrected chi connectivity index (χ0v) is 10.3. The molecular formula is C10H18N2O3S. The lowest BCUT2D eigenvalue weighted by molar-refractivity contribution is -0.0875. The van der Waals surface area contributed by atoms with Gasteiger partial charge < -0.3 is 20.3 Å². The lowest BCUT2D eigenvalue weighted by Crippen LogP contribution is -2.45. The van der Waals surface area contributed by atoms with E-state index >= 15 is 0 Å². The minimum absolute atomic E-state index is 0.0478. The van der Waals surface area contributed by atoms with Gasteiger partial charge in [-0.3, -0.25) is 4.99 Å². The van der Waals surface area contributed by atoms with E-state index in [4.69, 9.17) is 9.84 Å². The molecule has 0 spiro atoms. The highest BCUT2D eigenvalue weighted by Crippen LogP contribution is 2.35. The first kappa shape index (κ1) is 12.2.